The highest BCUT2D eigenvalue weighted by molar-refractivity contribution is 5.50. The summed E-state index contributed by atoms with van der Waals surface area (Å²) < 4.78 is 0. The van der Waals surface area contributed by atoms with Gasteiger partial charge >= 0.3 is 0 Å². The number of hydrogen-bond acceptors (Lipinski definition) is 1. The summed E-state index contributed by atoms with van der Waals surface area (Å²) >= 11 is 0. The second kappa shape index (κ2) is 5.82. The molecule has 1 aromatic carbocycles. The molecule has 1 nitrogen and oxygen atoms in total. The highest BCUT2D eigenvalue weighted by Gasteiger charge is 1.93. The zero-order valence-corrected chi connectivity index (χ0v) is 10.1. The van der Waals surface area contributed by atoms with E-state index in [1.807, 2.05) is 39.2 Å². The van der Waals surface area contributed by atoms with E-state index in [-0.39, 0.29) is 0 Å². The van der Waals surface area contributed by atoms with Crippen molar-refractivity contribution in [1.82, 2.24) is 0 Å². The lowest BCUT2D eigenvalue weighted by molar-refractivity contribution is 1.13. The maximum absolute atomic E-state index is 3.64. The predicted molar refractivity (Wildman–Crippen MR) is 71.6 cm³/mol. The number of anilines is 1. The fourth-order valence-electron chi connectivity index (χ4n) is 1.23. The van der Waals surface area contributed by atoms with Crippen LogP contribution in [0.25, 0.3) is 0 Å². The van der Waals surface area contributed by atoms with Crippen molar-refractivity contribution < 1.29 is 0 Å². The number of rotatable bonds is 2. The Kier molecular flexibility index (Phi) is 4.42. The van der Waals surface area contributed by atoms with E-state index in [9.17, 15) is 0 Å². The Morgan fingerprint density at radius 2 is 1.88 bits per heavy atom. The van der Waals surface area contributed by atoms with Crippen molar-refractivity contribution in [1.29, 1.82) is 0 Å². The van der Waals surface area contributed by atoms with Crippen LogP contribution in [0.3, 0.4) is 0 Å². The first-order valence-corrected chi connectivity index (χ1v) is 5.22. The van der Waals surface area contributed by atoms with E-state index in [0.29, 0.717) is 0 Å². The van der Waals surface area contributed by atoms with E-state index in [2.05, 4.69) is 35.5 Å². The zero-order chi connectivity index (χ0) is 12.0. The fraction of sp³-hybridized carbons (Fsp3) is 0.200. The van der Waals surface area contributed by atoms with Gasteiger partial charge in [-0.1, -0.05) is 30.6 Å². The summed E-state index contributed by atoms with van der Waals surface area (Å²) in [5.74, 6) is 6.19. The van der Waals surface area contributed by atoms with E-state index in [1.54, 1.807) is 6.08 Å². The highest BCUT2D eigenvalue weighted by atomic mass is 15.1. The molecule has 1 rings (SSSR count). The molecule has 1 heteroatoms. The van der Waals surface area contributed by atoms with Crippen molar-refractivity contribution in [3.05, 3.63) is 54.1 Å². The van der Waals surface area contributed by atoms with Crippen LogP contribution in [0.5, 0.6) is 0 Å². The largest absolute Gasteiger partial charge is 0.378 e. The average molecular weight is 211 g/mol. The van der Waals surface area contributed by atoms with Crippen LogP contribution in [-0.2, 0) is 0 Å². The third kappa shape index (κ3) is 3.67. The van der Waals surface area contributed by atoms with Gasteiger partial charge in [-0.2, -0.15) is 0 Å². The summed E-state index contributed by atoms with van der Waals surface area (Å²) in [6, 6.07) is 8.19. The Morgan fingerprint density at radius 3 is 2.38 bits per heavy atom. The van der Waals surface area contributed by atoms with Crippen LogP contribution >= 0.6 is 0 Å². The summed E-state index contributed by atoms with van der Waals surface area (Å²) in [6.45, 7) is 5.61. The van der Waals surface area contributed by atoms with Crippen LogP contribution in [-0.4, -0.2) is 14.1 Å². The summed E-state index contributed by atoms with van der Waals surface area (Å²) in [5, 5.41) is 0. The van der Waals surface area contributed by atoms with E-state index >= 15 is 0 Å². The molecule has 0 heterocycles. The molecule has 0 bridgehead atoms. The number of nitrogens with zero attached hydrogens (tertiary/aromatic N) is 1. The molecule has 0 amide bonds. The SMILES string of the molecule is C=C/C=C(\C)C#Cc1ccc(N(C)C)cc1. The first-order valence-electron chi connectivity index (χ1n) is 5.22. The van der Waals surface area contributed by atoms with Crippen LogP contribution in [0.15, 0.2) is 48.6 Å². The molecule has 82 valence electrons. The summed E-state index contributed by atoms with van der Waals surface area (Å²) in [4.78, 5) is 2.07. The lowest BCUT2D eigenvalue weighted by atomic mass is 10.2. The number of hydrogen-bond donors (Lipinski definition) is 0. The van der Waals surface area contributed by atoms with Gasteiger partial charge in [0.2, 0.25) is 0 Å². The van der Waals surface area contributed by atoms with E-state index < -0.39 is 0 Å². The third-order valence-corrected chi connectivity index (χ3v) is 2.16. The second-order valence-electron chi connectivity index (χ2n) is 3.78. The normalized spacial score (nSPS) is 10.3. The van der Waals surface area contributed by atoms with Crippen molar-refractivity contribution in [2.75, 3.05) is 19.0 Å². The minimum Gasteiger partial charge on any atom is -0.378 e. The molecule has 0 N–H and O–H groups in total. The molecular formula is C15H17N. The van der Waals surface area contributed by atoms with Gasteiger partial charge in [-0.3, -0.25) is 0 Å². The molecule has 0 saturated heterocycles. The van der Waals surface area contributed by atoms with E-state index in [4.69, 9.17) is 0 Å². The van der Waals surface area contributed by atoms with Gasteiger partial charge in [0.15, 0.2) is 0 Å². The van der Waals surface area contributed by atoms with Gasteiger partial charge in [0.25, 0.3) is 0 Å². The van der Waals surface area contributed by atoms with Gasteiger partial charge in [-0.25, -0.2) is 0 Å². The van der Waals surface area contributed by atoms with Crippen LogP contribution < -0.4 is 4.90 Å². The molecule has 0 atom stereocenters. The molecule has 0 aromatic heterocycles. The highest BCUT2D eigenvalue weighted by Crippen LogP contribution is 2.11. The monoisotopic (exact) mass is 211 g/mol. The van der Waals surface area contributed by atoms with Gasteiger partial charge in [0.1, 0.15) is 0 Å². The van der Waals surface area contributed by atoms with E-state index in [0.717, 1.165) is 11.1 Å². The Balaban J connectivity index is 2.83. The third-order valence-electron chi connectivity index (χ3n) is 2.16. The van der Waals surface area contributed by atoms with Gasteiger partial charge in [0, 0.05) is 25.3 Å². The minimum absolute atomic E-state index is 1.02. The van der Waals surface area contributed by atoms with Crippen molar-refractivity contribution in [3.8, 4) is 11.8 Å². The Bertz CT molecular complexity index is 439. The molecule has 16 heavy (non-hydrogen) atoms. The molecule has 0 aliphatic heterocycles. The van der Waals surface area contributed by atoms with Gasteiger partial charge in [-0.15, -0.1) is 0 Å². The first kappa shape index (κ1) is 12.1. The van der Waals surface area contributed by atoms with Crippen molar-refractivity contribution >= 4 is 5.69 Å². The topological polar surface area (TPSA) is 3.24 Å². The molecular weight excluding hydrogens is 194 g/mol. The molecule has 0 fully saturated rings. The Labute approximate surface area is 98.1 Å². The van der Waals surface area contributed by atoms with Gasteiger partial charge in [0.05, 0.1) is 0 Å². The smallest absolute Gasteiger partial charge is 0.0361 e. The van der Waals surface area contributed by atoms with Crippen molar-refractivity contribution in [2.24, 2.45) is 0 Å². The van der Waals surface area contributed by atoms with Crippen LogP contribution in [0.1, 0.15) is 12.5 Å². The molecule has 0 saturated carbocycles. The fourth-order valence-corrected chi connectivity index (χ4v) is 1.23. The quantitative estimate of drug-likeness (QED) is 0.536. The summed E-state index contributed by atoms with van der Waals surface area (Å²) in [6.07, 6.45) is 3.65. The lowest BCUT2D eigenvalue weighted by Gasteiger charge is -2.11. The summed E-state index contributed by atoms with van der Waals surface area (Å²) in [7, 11) is 4.05. The van der Waals surface area contributed by atoms with Crippen LogP contribution in [0.4, 0.5) is 5.69 Å². The molecule has 1 aromatic rings. The Hall–Kier alpha value is -1.94. The van der Waals surface area contributed by atoms with E-state index in [1.165, 1.54) is 5.69 Å². The summed E-state index contributed by atoms with van der Waals surface area (Å²) in [5.41, 5.74) is 3.23. The van der Waals surface area contributed by atoms with Gasteiger partial charge < -0.3 is 4.90 Å². The number of benzene rings is 1. The zero-order valence-electron chi connectivity index (χ0n) is 10.1. The lowest BCUT2D eigenvalue weighted by Crippen LogP contribution is -2.07. The maximum Gasteiger partial charge on any atom is 0.0361 e. The molecule has 0 radical (unpaired) electrons. The van der Waals surface area contributed by atoms with Crippen molar-refractivity contribution in [2.45, 2.75) is 6.92 Å². The molecule has 0 spiro atoms. The first-order chi connectivity index (χ1) is 7.63. The average Bonchev–Trinajstić information content (AvgIpc) is 2.27. The second-order valence-corrected chi connectivity index (χ2v) is 3.78. The van der Waals surface area contributed by atoms with Crippen LogP contribution in [0, 0.1) is 11.8 Å². The molecule has 0 aliphatic carbocycles. The van der Waals surface area contributed by atoms with Gasteiger partial charge in [-0.05, 0) is 36.8 Å². The molecule has 0 unspecified atom stereocenters. The Morgan fingerprint density at radius 1 is 1.25 bits per heavy atom. The van der Waals surface area contributed by atoms with Crippen LogP contribution in [0.2, 0.25) is 0 Å². The minimum atomic E-state index is 1.02. The van der Waals surface area contributed by atoms with Crippen molar-refractivity contribution in [3.63, 3.8) is 0 Å². The standard InChI is InChI=1S/C15H17N/c1-5-6-13(2)7-8-14-9-11-15(12-10-14)16(3)4/h5-6,9-12H,1H2,2-4H3/b13-6+. The predicted octanol–water partition coefficient (Wildman–Crippen LogP) is 3.24. The molecule has 0 aliphatic rings. The number of allylic oxidation sites excluding steroid dienone is 3. The maximum atomic E-state index is 3.64.